The molecule has 5 rings (SSSR count). The highest BCUT2D eigenvalue weighted by Crippen LogP contribution is 2.55. The minimum absolute atomic E-state index is 0.0695. The zero-order valence-electron chi connectivity index (χ0n) is 10.5. The van der Waals surface area contributed by atoms with Crippen LogP contribution < -0.4 is 0 Å². The molecule has 0 radical (unpaired) electrons. The average molecular weight is 242 g/mol. The first-order valence-corrected chi connectivity index (χ1v) is 7.01. The Labute approximate surface area is 107 Å². The first-order chi connectivity index (χ1) is 8.75. The van der Waals surface area contributed by atoms with Crippen LogP contribution in [0.5, 0.6) is 0 Å². The van der Waals surface area contributed by atoms with Gasteiger partial charge >= 0.3 is 5.97 Å². The van der Waals surface area contributed by atoms with Crippen molar-refractivity contribution in [1.82, 2.24) is 0 Å². The van der Waals surface area contributed by atoms with Crippen molar-refractivity contribution >= 4 is 5.97 Å². The Morgan fingerprint density at radius 3 is 2.72 bits per heavy atom. The summed E-state index contributed by atoms with van der Waals surface area (Å²) in [6.07, 6.45) is 5.61. The van der Waals surface area contributed by atoms with Crippen molar-refractivity contribution < 1.29 is 9.53 Å². The maximum absolute atomic E-state index is 12.0. The van der Waals surface area contributed by atoms with E-state index in [1.165, 1.54) is 12.0 Å². The van der Waals surface area contributed by atoms with Crippen molar-refractivity contribution in [2.75, 3.05) is 0 Å². The van der Waals surface area contributed by atoms with E-state index in [2.05, 4.69) is 30.3 Å². The second-order valence-electron chi connectivity index (χ2n) is 6.35. The molecule has 94 valence electrons. The number of rotatable bonds is 1. The molecule has 2 heteroatoms. The topological polar surface area (TPSA) is 26.3 Å². The Hall–Kier alpha value is -1.31. The molecule has 4 fully saturated rings. The van der Waals surface area contributed by atoms with Crippen LogP contribution in [0.1, 0.15) is 37.7 Å². The summed E-state index contributed by atoms with van der Waals surface area (Å²) in [5.74, 6) is 0.908. The lowest BCUT2D eigenvalue weighted by atomic mass is 9.56. The summed E-state index contributed by atoms with van der Waals surface area (Å²) >= 11 is 0. The fourth-order valence-corrected chi connectivity index (χ4v) is 4.59. The summed E-state index contributed by atoms with van der Waals surface area (Å²) in [6, 6.07) is 10.8. The second kappa shape index (κ2) is 3.59. The van der Waals surface area contributed by atoms with Gasteiger partial charge in [-0.05, 0) is 49.0 Å². The molecule has 0 amide bonds. The standard InChI is InChI=1S/C16H18O2/c17-15-12-6-11-7-14(18-15)10-16(8-11,9-12)13-4-2-1-3-5-13/h1-5,11-12,14H,6-10H2/t11-,12-,14+,16-/m0/s1. The number of ether oxygens (including phenoxy) is 1. The SMILES string of the molecule is O=C1O[C@@H]2C[C@@H]3C[C@H]1C[C@@](c1ccccc1)(C3)C2. The fraction of sp³-hybridized carbons (Fsp3) is 0.562. The van der Waals surface area contributed by atoms with E-state index in [0.717, 1.165) is 25.7 Å². The molecule has 4 aliphatic rings. The molecule has 2 nitrogen and oxygen atoms in total. The van der Waals surface area contributed by atoms with Crippen LogP contribution in [0, 0.1) is 11.8 Å². The number of hydrogen-bond acceptors (Lipinski definition) is 2. The Bertz CT molecular complexity index is 481. The van der Waals surface area contributed by atoms with Crippen molar-refractivity contribution in [1.29, 1.82) is 0 Å². The van der Waals surface area contributed by atoms with Crippen LogP contribution in [0.3, 0.4) is 0 Å². The summed E-state index contributed by atoms with van der Waals surface area (Å²) in [4.78, 5) is 12.0. The summed E-state index contributed by atoms with van der Waals surface area (Å²) < 4.78 is 5.64. The van der Waals surface area contributed by atoms with Gasteiger partial charge in [0.2, 0.25) is 0 Å². The first-order valence-electron chi connectivity index (χ1n) is 7.01. The number of esters is 1. The van der Waals surface area contributed by atoms with Crippen molar-refractivity contribution in [3.8, 4) is 0 Å². The molecular formula is C16H18O2. The second-order valence-corrected chi connectivity index (χ2v) is 6.35. The summed E-state index contributed by atoms with van der Waals surface area (Å²) in [5.41, 5.74) is 1.63. The Kier molecular flexibility index (Phi) is 2.12. The van der Waals surface area contributed by atoms with Crippen LogP contribution in [-0.4, -0.2) is 12.1 Å². The molecule has 0 spiro atoms. The number of carbonyl (C=O) groups excluding carboxylic acids is 1. The molecule has 2 saturated carbocycles. The van der Waals surface area contributed by atoms with Gasteiger partial charge in [0.25, 0.3) is 0 Å². The maximum Gasteiger partial charge on any atom is 0.309 e. The van der Waals surface area contributed by atoms with E-state index in [1.807, 2.05) is 0 Å². The van der Waals surface area contributed by atoms with E-state index in [-0.39, 0.29) is 23.4 Å². The molecule has 2 heterocycles. The third-order valence-corrected chi connectivity index (χ3v) is 5.15. The zero-order valence-corrected chi connectivity index (χ0v) is 10.5. The monoisotopic (exact) mass is 242 g/mol. The van der Waals surface area contributed by atoms with Crippen molar-refractivity contribution in [2.24, 2.45) is 11.8 Å². The molecule has 1 aromatic carbocycles. The normalized spacial score (nSPS) is 41.6. The van der Waals surface area contributed by atoms with Crippen molar-refractivity contribution in [3.05, 3.63) is 35.9 Å². The van der Waals surface area contributed by atoms with Gasteiger partial charge in [-0.2, -0.15) is 0 Å². The van der Waals surface area contributed by atoms with Gasteiger partial charge in [0.1, 0.15) is 6.10 Å². The van der Waals surface area contributed by atoms with Gasteiger partial charge < -0.3 is 4.74 Å². The van der Waals surface area contributed by atoms with Crippen LogP contribution in [0.4, 0.5) is 0 Å². The molecule has 4 atom stereocenters. The predicted octanol–water partition coefficient (Wildman–Crippen LogP) is 3.06. The minimum Gasteiger partial charge on any atom is -0.462 e. The number of hydrogen-bond donors (Lipinski definition) is 0. The Morgan fingerprint density at radius 2 is 1.89 bits per heavy atom. The van der Waals surface area contributed by atoms with E-state index in [1.54, 1.807) is 0 Å². The quantitative estimate of drug-likeness (QED) is 0.707. The fourth-order valence-electron chi connectivity index (χ4n) is 4.59. The molecular weight excluding hydrogens is 224 g/mol. The third kappa shape index (κ3) is 1.44. The lowest BCUT2D eigenvalue weighted by Crippen LogP contribution is -2.42. The molecule has 0 unspecified atom stereocenters. The number of fused-ring (bicyclic) bond motifs is 1. The highest BCUT2D eigenvalue weighted by atomic mass is 16.5. The lowest BCUT2D eigenvalue weighted by Gasteiger charge is -2.46. The highest BCUT2D eigenvalue weighted by molar-refractivity contribution is 5.74. The van der Waals surface area contributed by atoms with Crippen molar-refractivity contribution in [2.45, 2.75) is 43.6 Å². The van der Waals surface area contributed by atoms with Crippen molar-refractivity contribution in [3.63, 3.8) is 0 Å². The lowest BCUT2D eigenvalue weighted by molar-refractivity contribution is -0.151. The minimum atomic E-state index is 0.0695. The van der Waals surface area contributed by atoms with E-state index in [9.17, 15) is 4.79 Å². The van der Waals surface area contributed by atoms with Gasteiger partial charge in [0.05, 0.1) is 5.92 Å². The van der Waals surface area contributed by atoms with E-state index in [4.69, 9.17) is 4.74 Å². The van der Waals surface area contributed by atoms with Gasteiger partial charge in [-0.1, -0.05) is 30.3 Å². The highest BCUT2D eigenvalue weighted by Gasteiger charge is 2.52. The van der Waals surface area contributed by atoms with Gasteiger partial charge in [0, 0.05) is 0 Å². The van der Waals surface area contributed by atoms with Crippen LogP contribution in [0.2, 0.25) is 0 Å². The van der Waals surface area contributed by atoms with Crippen LogP contribution in [0.15, 0.2) is 30.3 Å². The molecule has 18 heavy (non-hydrogen) atoms. The van der Waals surface area contributed by atoms with Gasteiger partial charge in [-0.15, -0.1) is 0 Å². The molecule has 0 aromatic heterocycles. The zero-order chi connectivity index (χ0) is 12.2. The first kappa shape index (κ1) is 10.6. The van der Waals surface area contributed by atoms with Gasteiger partial charge in [0.15, 0.2) is 0 Å². The summed E-state index contributed by atoms with van der Waals surface area (Å²) in [5, 5.41) is 0. The summed E-state index contributed by atoms with van der Waals surface area (Å²) in [7, 11) is 0. The number of carbonyl (C=O) groups is 1. The van der Waals surface area contributed by atoms with Crippen LogP contribution in [0.25, 0.3) is 0 Å². The summed E-state index contributed by atoms with van der Waals surface area (Å²) in [6.45, 7) is 0. The molecule has 2 aliphatic carbocycles. The van der Waals surface area contributed by atoms with E-state index in [0.29, 0.717) is 5.92 Å². The third-order valence-electron chi connectivity index (χ3n) is 5.15. The average Bonchev–Trinajstić information content (AvgIpc) is 2.54. The Balaban J connectivity index is 1.80. The maximum atomic E-state index is 12.0. The Morgan fingerprint density at radius 1 is 1.06 bits per heavy atom. The number of benzene rings is 1. The smallest absolute Gasteiger partial charge is 0.309 e. The van der Waals surface area contributed by atoms with Gasteiger partial charge in [-0.3, -0.25) is 4.79 Å². The van der Waals surface area contributed by atoms with Crippen LogP contribution >= 0.6 is 0 Å². The van der Waals surface area contributed by atoms with Crippen LogP contribution in [-0.2, 0) is 14.9 Å². The molecule has 4 bridgehead atoms. The van der Waals surface area contributed by atoms with E-state index < -0.39 is 0 Å². The van der Waals surface area contributed by atoms with Gasteiger partial charge in [-0.25, -0.2) is 0 Å². The molecule has 2 aliphatic heterocycles. The van der Waals surface area contributed by atoms with E-state index >= 15 is 0 Å². The largest absolute Gasteiger partial charge is 0.462 e. The predicted molar refractivity (Wildman–Crippen MR) is 68.1 cm³/mol. The molecule has 2 saturated heterocycles. The molecule has 0 N–H and O–H groups in total. The molecule has 1 aromatic rings.